The van der Waals surface area contributed by atoms with Crippen LogP contribution in [0.3, 0.4) is 0 Å². The number of halogens is 2. The summed E-state index contributed by atoms with van der Waals surface area (Å²) in [6.45, 7) is -0.0371. The number of sulfonamides is 1. The lowest BCUT2D eigenvalue weighted by Crippen LogP contribution is -2.32. The Kier molecular flexibility index (Phi) is 6.75. The number of rotatable bonds is 8. The maximum absolute atomic E-state index is 13.2. The highest BCUT2D eigenvalue weighted by atomic mass is 35.5. The van der Waals surface area contributed by atoms with E-state index in [9.17, 15) is 13.2 Å². The number of hydrogen-bond acceptors (Lipinski definition) is 4. The van der Waals surface area contributed by atoms with E-state index in [2.05, 4.69) is 0 Å². The number of ether oxygens (including phenoxy) is 1. The number of methoxy groups -OCH3 is 1. The minimum absolute atomic E-state index is 0.0283. The van der Waals surface area contributed by atoms with Crippen LogP contribution < -0.4 is 9.04 Å². The van der Waals surface area contributed by atoms with Gasteiger partial charge in [-0.3, -0.25) is 9.10 Å². The molecule has 6 nitrogen and oxygen atoms in total. The van der Waals surface area contributed by atoms with Gasteiger partial charge in [0.1, 0.15) is 10.6 Å². The Morgan fingerprint density at radius 3 is 2.58 bits per heavy atom. The first-order chi connectivity index (χ1) is 12.3. The number of hydrogen-bond donors (Lipinski definition) is 1. The second-order valence-electron chi connectivity index (χ2n) is 5.35. The third-order valence-corrected chi connectivity index (χ3v) is 6.10. The van der Waals surface area contributed by atoms with Gasteiger partial charge in [0.05, 0.1) is 17.8 Å². The Morgan fingerprint density at radius 1 is 1.19 bits per heavy atom. The van der Waals surface area contributed by atoms with Gasteiger partial charge in [0, 0.05) is 24.1 Å². The Morgan fingerprint density at radius 2 is 1.92 bits per heavy atom. The highest BCUT2D eigenvalue weighted by molar-refractivity contribution is 7.93. The summed E-state index contributed by atoms with van der Waals surface area (Å²) in [4.78, 5) is 10.7. The van der Waals surface area contributed by atoms with Gasteiger partial charge in [-0.2, -0.15) is 0 Å². The summed E-state index contributed by atoms with van der Waals surface area (Å²) in [5.74, 6) is -0.535. The summed E-state index contributed by atoms with van der Waals surface area (Å²) < 4.78 is 32.6. The van der Waals surface area contributed by atoms with Crippen LogP contribution in [0, 0.1) is 0 Å². The van der Waals surface area contributed by atoms with Crippen LogP contribution in [0.25, 0.3) is 0 Å². The first-order valence-corrected chi connectivity index (χ1v) is 9.79. The third-order valence-electron chi connectivity index (χ3n) is 3.55. The molecule has 0 atom stereocenters. The van der Waals surface area contributed by atoms with Gasteiger partial charge in [-0.15, -0.1) is 0 Å². The van der Waals surface area contributed by atoms with Crippen LogP contribution in [-0.2, 0) is 14.8 Å². The first-order valence-electron chi connectivity index (χ1n) is 7.59. The average Bonchev–Trinajstić information content (AvgIpc) is 2.60. The molecule has 0 saturated carbocycles. The molecule has 140 valence electrons. The van der Waals surface area contributed by atoms with Gasteiger partial charge in [-0.05, 0) is 36.8 Å². The molecule has 0 fully saturated rings. The molecule has 0 unspecified atom stereocenters. The predicted octanol–water partition coefficient (Wildman–Crippen LogP) is 4.06. The highest BCUT2D eigenvalue weighted by Gasteiger charge is 2.27. The largest absolute Gasteiger partial charge is 0.497 e. The number of aliphatic carboxylic acids is 1. The van der Waals surface area contributed by atoms with Crippen LogP contribution in [0.15, 0.2) is 47.4 Å². The molecular weight excluding hydrogens is 401 g/mol. The summed E-state index contributed by atoms with van der Waals surface area (Å²) in [7, 11) is -2.59. The zero-order valence-electron chi connectivity index (χ0n) is 13.9. The topological polar surface area (TPSA) is 83.9 Å². The van der Waals surface area contributed by atoms with Crippen molar-refractivity contribution in [1.82, 2.24) is 0 Å². The van der Waals surface area contributed by atoms with Crippen molar-refractivity contribution in [2.24, 2.45) is 0 Å². The molecule has 0 amide bonds. The molecule has 0 bridgehead atoms. The third kappa shape index (κ3) is 4.81. The molecule has 9 heteroatoms. The van der Waals surface area contributed by atoms with Crippen LogP contribution in [0.5, 0.6) is 5.75 Å². The Bertz CT molecular complexity index is 902. The van der Waals surface area contributed by atoms with E-state index in [1.54, 1.807) is 24.3 Å². The number of benzene rings is 2. The van der Waals surface area contributed by atoms with E-state index in [0.717, 1.165) is 4.31 Å². The molecule has 0 aromatic heterocycles. The van der Waals surface area contributed by atoms with Crippen molar-refractivity contribution < 1.29 is 23.1 Å². The van der Waals surface area contributed by atoms with Gasteiger partial charge in [0.15, 0.2) is 0 Å². The highest BCUT2D eigenvalue weighted by Crippen LogP contribution is 2.32. The lowest BCUT2D eigenvalue weighted by Gasteiger charge is -2.25. The van der Waals surface area contributed by atoms with Crippen LogP contribution in [0.2, 0.25) is 10.0 Å². The molecule has 0 aliphatic carbocycles. The average molecular weight is 418 g/mol. The van der Waals surface area contributed by atoms with Crippen LogP contribution in [0.1, 0.15) is 12.8 Å². The lowest BCUT2D eigenvalue weighted by molar-refractivity contribution is -0.137. The van der Waals surface area contributed by atoms with E-state index in [0.29, 0.717) is 11.4 Å². The second-order valence-corrected chi connectivity index (χ2v) is 8.03. The van der Waals surface area contributed by atoms with Gasteiger partial charge < -0.3 is 9.84 Å². The molecule has 0 heterocycles. The summed E-state index contributed by atoms with van der Waals surface area (Å²) in [6.07, 6.45) is -0.0385. The molecule has 26 heavy (non-hydrogen) atoms. The molecule has 2 aromatic rings. The lowest BCUT2D eigenvalue weighted by atomic mass is 10.2. The molecule has 0 aliphatic rings. The van der Waals surface area contributed by atoms with Crippen molar-refractivity contribution in [3.8, 4) is 5.75 Å². The van der Waals surface area contributed by atoms with Crippen molar-refractivity contribution in [2.45, 2.75) is 17.7 Å². The quantitative estimate of drug-likeness (QED) is 0.699. The maximum atomic E-state index is 13.2. The molecule has 0 spiro atoms. The van der Waals surface area contributed by atoms with Crippen molar-refractivity contribution in [2.75, 3.05) is 18.0 Å². The zero-order valence-corrected chi connectivity index (χ0v) is 16.2. The van der Waals surface area contributed by atoms with Gasteiger partial charge in [-0.1, -0.05) is 29.3 Å². The second kappa shape index (κ2) is 8.62. The van der Waals surface area contributed by atoms with E-state index in [-0.39, 0.29) is 34.3 Å². The minimum atomic E-state index is -4.06. The molecular formula is C17H17Cl2NO5S. The number of carboxylic acids is 1. The standard InChI is InChI=1S/C17H17Cl2NO5S/c1-25-14-5-2-4-13(11-14)20(9-3-6-17(21)22)26(23,24)16-10-12(18)7-8-15(16)19/h2,4-5,7-8,10-11H,3,6,9H2,1H3,(H,21,22). The van der Waals surface area contributed by atoms with E-state index in [4.69, 9.17) is 33.0 Å². The van der Waals surface area contributed by atoms with Gasteiger partial charge in [0.25, 0.3) is 10.0 Å². The first kappa shape index (κ1) is 20.4. The van der Waals surface area contributed by atoms with Crippen molar-refractivity contribution >= 4 is 44.9 Å². The molecule has 0 saturated heterocycles. The summed E-state index contributed by atoms with van der Waals surface area (Å²) in [5, 5.41) is 9.11. The van der Waals surface area contributed by atoms with E-state index in [1.165, 1.54) is 25.3 Å². The van der Waals surface area contributed by atoms with Gasteiger partial charge in [-0.25, -0.2) is 8.42 Å². The fourth-order valence-corrected chi connectivity index (χ4v) is 4.56. The van der Waals surface area contributed by atoms with E-state index >= 15 is 0 Å². The van der Waals surface area contributed by atoms with Crippen molar-refractivity contribution in [1.29, 1.82) is 0 Å². The van der Waals surface area contributed by atoms with E-state index in [1.807, 2.05) is 0 Å². The maximum Gasteiger partial charge on any atom is 0.303 e. The summed E-state index contributed by atoms with van der Waals surface area (Å²) in [5.41, 5.74) is 0.339. The van der Waals surface area contributed by atoms with Crippen LogP contribution >= 0.6 is 23.2 Å². The molecule has 0 radical (unpaired) electrons. The summed E-state index contributed by atoms with van der Waals surface area (Å²) >= 11 is 12.0. The number of carbonyl (C=O) groups is 1. The summed E-state index contributed by atoms with van der Waals surface area (Å²) in [6, 6.07) is 10.6. The fraction of sp³-hybridized carbons (Fsp3) is 0.235. The number of nitrogens with zero attached hydrogens (tertiary/aromatic N) is 1. The zero-order chi connectivity index (χ0) is 19.3. The predicted molar refractivity (Wildman–Crippen MR) is 101 cm³/mol. The fourth-order valence-electron chi connectivity index (χ4n) is 2.32. The normalized spacial score (nSPS) is 11.2. The Hall–Kier alpha value is -1.96. The number of carboxylic acid groups (broad SMARTS) is 1. The number of anilines is 1. The van der Waals surface area contributed by atoms with Crippen molar-refractivity contribution in [3.05, 3.63) is 52.5 Å². The van der Waals surface area contributed by atoms with Gasteiger partial charge in [0.2, 0.25) is 0 Å². The van der Waals surface area contributed by atoms with Crippen molar-refractivity contribution in [3.63, 3.8) is 0 Å². The molecule has 2 aromatic carbocycles. The van der Waals surface area contributed by atoms with Crippen LogP contribution in [0.4, 0.5) is 5.69 Å². The Balaban J connectivity index is 2.50. The smallest absolute Gasteiger partial charge is 0.303 e. The van der Waals surface area contributed by atoms with E-state index < -0.39 is 16.0 Å². The Labute approximate surface area is 162 Å². The monoisotopic (exact) mass is 417 g/mol. The van der Waals surface area contributed by atoms with Crippen LogP contribution in [-0.4, -0.2) is 33.1 Å². The molecule has 1 N–H and O–H groups in total. The molecule has 2 rings (SSSR count). The molecule has 0 aliphatic heterocycles. The minimum Gasteiger partial charge on any atom is -0.497 e. The SMILES string of the molecule is COc1cccc(N(CCCC(=O)O)S(=O)(=O)c2cc(Cl)ccc2Cl)c1. The van der Waals surface area contributed by atoms with Gasteiger partial charge >= 0.3 is 5.97 Å².